The summed E-state index contributed by atoms with van der Waals surface area (Å²) in [7, 11) is 0. The predicted octanol–water partition coefficient (Wildman–Crippen LogP) is 2.84. The van der Waals surface area contributed by atoms with Crippen molar-refractivity contribution in [1.82, 2.24) is 0 Å². The molecule has 5 nitrogen and oxygen atoms in total. The van der Waals surface area contributed by atoms with Gasteiger partial charge in [0.25, 0.3) is 0 Å². The number of benzene rings is 2. The van der Waals surface area contributed by atoms with Gasteiger partial charge in [0, 0.05) is 16.9 Å². The minimum absolute atomic E-state index is 0.156. The molecule has 0 bridgehead atoms. The molecule has 4 N–H and O–H groups in total. The normalized spacial score (nSPS) is 11.6. The fraction of sp³-hybridized carbons (Fsp3) is 0.222. The van der Waals surface area contributed by atoms with Crippen molar-refractivity contribution in [2.24, 2.45) is 5.73 Å². The minimum atomic E-state index is -0.493. The van der Waals surface area contributed by atoms with Crippen LogP contribution in [0, 0.1) is 13.8 Å². The van der Waals surface area contributed by atoms with E-state index in [-0.39, 0.29) is 5.91 Å². The average molecular weight is 311 g/mol. The van der Waals surface area contributed by atoms with Crippen LogP contribution in [0.1, 0.15) is 28.4 Å². The van der Waals surface area contributed by atoms with Gasteiger partial charge in [0.2, 0.25) is 11.8 Å². The summed E-state index contributed by atoms with van der Waals surface area (Å²) in [4.78, 5) is 23.3. The first-order chi connectivity index (χ1) is 10.8. The highest BCUT2D eigenvalue weighted by molar-refractivity contribution is 5.97. The summed E-state index contributed by atoms with van der Waals surface area (Å²) < 4.78 is 0. The van der Waals surface area contributed by atoms with Crippen molar-refractivity contribution in [3.63, 3.8) is 0 Å². The molecule has 0 aromatic heterocycles. The maximum Gasteiger partial charge on any atom is 0.248 e. The molecular formula is C18H21N3O2. The van der Waals surface area contributed by atoms with Gasteiger partial charge in [0.05, 0.1) is 0 Å². The van der Waals surface area contributed by atoms with Crippen LogP contribution in [-0.2, 0) is 4.79 Å². The van der Waals surface area contributed by atoms with Gasteiger partial charge in [-0.3, -0.25) is 9.59 Å². The Bertz CT molecular complexity index is 703. The third-order valence-electron chi connectivity index (χ3n) is 3.44. The quantitative estimate of drug-likeness (QED) is 0.794. The summed E-state index contributed by atoms with van der Waals surface area (Å²) in [5.74, 6) is -0.649. The van der Waals surface area contributed by atoms with Crippen LogP contribution in [0.25, 0.3) is 0 Å². The fourth-order valence-corrected chi connectivity index (χ4v) is 2.34. The maximum atomic E-state index is 12.2. The molecule has 120 valence electrons. The van der Waals surface area contributed by atoms with Gasteiger partial charge in [-0.25, -0.2) is 0 Å². The number of aryl methyl sites for hydroxylation is 2. The Morgan fingerprint density at radius 1 is 0.957 bits per heavy atom. The third-order valence-corrected chi connectivity index (χ3v) is 3.44. The average Bonchev–Trinajstić information content (AvgIpc) is 2.46. The van der Waals surface area contributed by atoms with Crippen molar-refractivity contribution >= 4 is 23.2 Å². The van der Waals surface area contributed by atoms with Crippen molar-refractivity contribution in [2.75, 3.05) is 10.6 Å². The molecule has 0 unspecified atom stereocenters. The monoisotopic (exact) mass is 311 g/mol. The molecule has 0 spiro atoms. The molecule has 0 saturated heterocycles. The molecule has 0 heterocycles. The molecule has 5 heteroatoms. The van der Waals surface area contributed by atoms with Crippen LogP contribution in [0.2, 0.25) is 0 Å². The van der Waals surface area contributed by atoms with E-state index in [1.807, 2.05) is 26.0 Å². The van der Waals surface area contributed by atoms with E-state index >= 15 is 0 Å². The second-order valence-electron chi connectivity index (χ2n) is 5.67. The van der Waals surface area contributed by atoms with Gasteiger partial charge >= 0.3 is 0 Å². The number of anilines is 2. The molecule has 2 amide bonds. The molecule has 0 aliphatic heterocycles. The molecule has 1 atom stereocenters. The van der Waals surface area contributed by atoms with E-state index in [0.717, 1.165) is 16.8 Å². The number of rotatable bonds is 5. The molecule has 2 rings (SSSR count). The summed E-state index contributed by atoms with van der Waals surface area (Å²) in [6.45, 7) is 5.83. The lowest BCUT2D eigenvalue weighted by Gasteiger charge is -2.16. The molecule has 0 saturated carbocycles. The third kappa shape index (κ3) is 4.57. The fourth-order valence-electron chi connectivity index (χ4n) is 2.34. The van der Waals surface area contributed by atoms with Crippen molar-refractivity contribution in [3.05, 3.63) is 59.2 Å². The molecule has 0 radical (unpaired) electrons. The molecule has 2 aromatic rings. The van der Waals surface area contributed by atoms with Gasteiger partial charge in [-0.2, -0.15) is 0 Å². The van der Waals surface area contributed by atoms with Crippen molar-refractivity contribution in [1.29, 1.82) is 0 Å². The van der Waals surface area contributed by atoms with Crippen LogP contribution in [0.5, 0.6) is 0 Å². The molecule has 2 aromatic carbocycles. The highest BCUT2D eigenvalue weighted by Gasteiger charge is 2.13. The summed E-state index contributed by atoms with van der Waals surface area (Å²) >= 11 is 0. The van der Waals surface area contributed by atoms with E-state index in [1.165, 1.54) is 0 Å². The Labute approximate surface area is 135 Å². The standard InChI is InChI=1S/C18H21N3O2/c1-11-8-12(2)10-16(9-11)20-13(3)18(23)21-15-6-4-14(5-7-15)17(19)22/h4-10,13,20H,1-3H3,(H2,19,22)(H,21,23)/t13-/m1/s1. The van der Waals surface area contributed by atoms with Crippen LogP contribution in [0.3, 0.4) is 0 Å². The summed E-state index contributed by atoms with van der Waals surface area (Å²) in [5.41, 5.74) is 9.41. The predicted molar refractivity (Wildman–Crippen MR) is 92.6 cm³/mol. The number of carbonyl (C=O) groups is 2. The Hall–Kier alpha value is -2.82. The van der Waals surface area contributed by atoms with Gasteiger partial charge in [-0.15, -0.1) is 0 Å². The van der Waals surface area contributed by atoms with E-state index in [0.29, 0.717) is 11.3 Å². The number of hydrogen-bond donors (Lipinski definition) is 3. The summed E-state index contributed by atoms with van der Waals surface area (Å²) in [5, 5.41) is 5.99. The maximum absolute atomic E-state index is 12.2. The Kier molecular flexibility index (Phi) is 5.01. The molecule has 0 aliphatic carbocycles. The van der Waals surface area contributed by atoms with Gasteiger partial charge in [-0.05, 0) is 68.3 Å². The van der Waals surface area contributed by atoms with E-state index in [2.05, 4.69) is 16.7 Å². The smallest absolute Gasteiger partial charge is 0.248 e. The van der Waals surface area contributed by atoms with Crippen LogP contribution < -0.4 is 16.4 Å². The number of nitrogens with two attached hydrogens (primary N) is 1. The van der Waals surface area contributed by atoms with Crippen LogP contribution in [0.4, 0.5) is 11.4 Å². The number of hydrogen-bond acceptors (Lipinski definition) is 3. The number of amides is 2. The van der Waals surface area contributed by atoms with Crippen molar-refractivity contribution in [3.8, 4) is 0 Å². The first-order valence-corrected chi connectivity index (χ1v) is 7.41. The second kappa shape index (κ2) is 6.96. The van der Waals surface area contributed by atoms with E-state index in [4.69, 9.17) is 5.73 Å². The van der Waals surface area contributed by atoms with E-state index in [1.54, 1.807) is 31.2 Å². The lowest BCUT2D eigenvalue weighted by atomic mass is 10.1. The van der Waals surface area contributed by atoms with E-state index < -0.39 is 11.9 Å². The highest BCUT2D eigenvalue weighted by Crippen LogP contribution is 2.15. The lowest BCUT2D eigenvalue weighted by molar-refractivity contribution is -0.116. The van der Waals surface area contributed by atoms with Crippen molar-refractivity contribution in [2.45, 2.75) is 26.8 Å². The zero-order valence-corrected chi connectivity index (χ0v) is 13.5. The van der Waals surface area contributed by atoms with E-state index in [9.17, 15) is 9.59 Å². The van der Waals surface area contributed by atoms with Crippen LogP contribution in [-0.4, -0.2) is 17.9 Å². The van der Waals surface area contributed by atoms with Gasteiger partial charge in [0.15, 0.2) is 0 Å². The number of carbonyl (C=O) groups excluding carboxylic acids is 2. The molecular weight excluding hydrogens is 290 g/mol. The molecule has 0 fully saturated rings. The Balaban J connectivity index is 2.00. The zero-order chi connectivity index (χ0) is 17.0. The van der Waals surface area contributed by atoms with Gasteiger partial charge in [-0.1, -0.05) is 6.07 Å². The van der Waals surface area contributed by atoms with Crippen LogP contribution >= 0.6 is 0 Å². The minimum Gasteiger partial charge on any atom is -0.374 e. The van der Waals surface area contributed by atoms with Crippen LogP contribution in [0.15, 0.2) is 42.5 Å². The first-order valence-electron chi connectivity index (χ1n) is 7.41. The largest absolute Gasteiger partial charge is 0.374 e. The number of primary amides is 1. The Morgan fingerprint density at radius 3 is 2.04 bits per heavy atom. The number of nitrogens with one attached hydrogen (secondary N) is 2. The lowest BCUT2D eigenvalue weighted by Crippen LogP contribution is -2.31. The first kappa shape index (κ1) is 16.5. The zero-order valence-electron chi connectivity index (χ0n) is 13.5. The Morgan fingerprint density at radius 2 is 1.52 bits per heavy atom. The summed E-state index contributed by atoms with van der Waals surface area (Å²) in [6, 6.07) is 12.2. The van der Waals surface area contributed by atoms with Gasteiger partial charge < -0.3 is 16.4 Å². The second-order valence-corrected chi connectivity index (χ2v) is 5.67. The molecule has 23 heavy (non-hydrogen) atoms. The SMILES string of the molecule is Cc1cc(C)cc(N[C@H](C)C(=O)Nc2ccc(C(N)=O)cc2)c1. The topological polar surface area (TPSA) is 84.2 Å². The molecule has 0 aliphatic rings. The van der Waals surface area contributed by atoms with Crippen molar-refractivity contribution < 1.29 is 9.59 Å². The van der Waals surface area contributed by atoms with Gasteiger partial charge in [0.1, 0.15) is 6.04 Å². The summed E-state index contributed by atoms with van der Waals surface area (Å²) in [6.07, 6.45) is 0. The highest BCUT2D eigenvalue weighted by atomic mass is 16.2.